The topological polar surface area (TPSA) is 106 Å². The first-order chi connectivity index (χ1) is 15.1. The second kappa shape index (κ2) is 11.6. The Labute approximate surface area is 180 Å². The molecule has 0 spiro atoms. The summed E-state index contributed by atoms with van der Waals surface area (Å²) in [7, 11) is 0. The lowest BCUT2D eigenvalue weighted by Gasteiger charge is -2.19. The summed E-state index contributed by atoms with van der Waals surface area (Å²) in [5.41, 5.74) is 6.91. The standard InChI is InChI=1S/C22H25N3O6/c26-20-19(25(16-31-20)22(28)30-15-18-10-5-2-6-11-18)12-7-13-23-24-21(27)29-14-17-8-3-1-4-9-17/h1-6,8-11,19,23H,7,12-16H2,(H,24,27)/t19-/m0/s1. The van der Waals surface area contributed by atoms with Crippen LogP contribution in [0.4, 0.5) is 9.59 Å². The van der Waals surface area contributed by atoms with Crippen molar-refractivity contribution in [2.75, 3.05) is 13.3 Å². The molecule has 1 aliphatic rings. The maximum Gasteiger partial charge on any atom is 0.421 e. The van der Waals surface area contributed by atoms with E-state index in [2.05, 4.69) is 10.9 Å². The van der Waals surface area contributed by atoms with E-state index >= 15 is 0 Å². The van der Waals surface area contributed by atoms with Crippen LogP contribution in [-0.4, -0.2) is 42.4 Å². The number of benzene rings is 2. The van der Waals surface area contributed by atoms with Gasteiger partial charge in [0.15, 0.2) is 6.73 Å². The molecule has 2 N–H and O–H groups in total. The zero-order valence-electron chi connectivity index (χ0n) is 17.0. The van der Waals surface area contributed by atoms with Gasteiger partial charge in [0, 0.05) is 6.54 Å². The molecule has 2 aromatic rings. The minimum Gasteiger partial charge on any atom is -0.444 e. The molecule has 1 saturated heterocycles. The first-order valence-corrected chi connectivity index (χ1v) is 9.97. The number of nitrogens with one attached hydrogen (secondary N) is 2. The van der Waals surface area contributed by atoms with Crippen LogP contribution >= 0.6 is 0 Å². The summed E-state index contributed by atoms with van der Waals surface area (Å²) in [6, 6.07) is 17.9. The van der Waals surface area contributed by atoms with E-state index in [0.717, 1.165) is 11.1 Å². The Morgan fingerprint density at radius 3 is 2.23 bits per heavy atom. The lowest BCUT2D eigenvalue weighted by Crippen LogP contribution is -2.41. The van der Waals surface area contributed by atoms with Crippen molar-refractivity contribution in [3.8, 4) is 0 Å². The van der Waals surface area contributed by atoms with Crippen molar-refractivity contribution >= 4 is 18.2 Å². The fourth-order valence-corrected chi connectivity index (χ4v) is 2.98. The van der Waals surface area contributed by atoms with Crippen LogP contribution in [0.2, 0.25) is 0 Å². The molecule has 164 valence electrons. The second-order valence-corrected chi connectivity index (χ2v) is 6.87. The number of amides is 2. The highest BCUT2D eigenvalue weighted by Crippen LogP contribution is 2.18. The molecule has 1 fully saturated rings. The number of esters is 1. The first-order valence-electron chi connectivity index (χ1n) is 9.97. The largest absolute Gasteiger partial charge is 0.444 e. The molecule has 0 aromatic heterocycles. The van der Waals surface area contributed by atoms with Gasteiger partial charge in [0.1, 0.15) is 19.3 Å². The highest BCUT2D eigenvalue weighted by molar-refractivity contribution is 5.83. The Kier molecular flexibility index (Phi) is 8.24. The summed E-state index contributed by atoms with van der Waals surface area (Å²) in [6.45, 7) is 0.543. The fraction of sp³-hybridized carbons (Fsp3) is 0.318. The number of ether oxygens (including phenoxy) is 3. The summed E-state index contributed by atoms with van der Waals surface area (Å²) < 4.78 is 15.4. The van der Waals surface area contributed by atoms with Gasteiger partial charge in [0.25, 0.3) is 0 Å². The Hall–Kier alpha value is -3.59. The Balaban J connectivity index is 1.33. The molecule has 0 saturated carbocycles. The molecule has 0 radical (unpaired) electrons. The van der Waals surface area contributed by atoms with E-state index in [-0.39, 0.29) is 19.9 Å². The monoisotopic (exact) mass is 427 g/mol. The van der Waals surface area contributed by atoms with Crippen LogP contribution in [0.15, 0.2) is 60.7 Å². The second-order valence-electron chi connectivity index (χ2n) is 6.87. The predicted octanol–water partition coefficient (Wildman–Crippen LogP) is 2.72. The normalized spacial score (nSPS) is 15.3. The zero-order chi connectivity index (χ0) is 21.9. The van der Waals surface area contributed by atoms with Gasteiger partial charge < -0.3 is 14.2 Å². The number of carbonyl (C=O) groups excluding carboxylic acids is 3. The van der Waals surface area contributed by atoms with Crippen molar-refractivity contribution in [1.29, 1.82) is 0 Å². The van der Waals surface area contributed by atoms with Crippen molar-refractivity contribution in [1.82, 2.24) is 15.8 Å². The number of rotatable bonds is 9. The lowest BCUT2D eigenvalue weighted by atomic mass is 10.1. The van der Waals surface area contributed by atoms with Crippen molar-refractivity contribution in [3.63, 3.8) is 0 Å². The molecule has 9 nitrogen and oxygen atoms in total. The maximum absolute atomic E-state index is 12.3. The first kappa shape index (κ1) is 22.1. The van der Waals surface area contributed by atoms with E-state index in [4.69, 9.17) is 14.2 Å². The highest BCUT2D eigenvalue weighted by atomic mass is 16.6. The summed E-state index contributed by atoms with van der Waals surface area (Å²) in [5.74, 6) is -0.466. The third-order valence-corrected chi connectivity index (χ3v) is 4.62. The van der Waals surface area contributed by atoms with Crippen LogP contribution in [0.1, 0.15) is 24.0 Å². The van der Waals surface area contributed by atoms with Crippen LogP contribution in [0.3, 0.4) is 0 Å². The molecule has 1 aliphatic heterocycles. The van der Waals surface area contributed by atoms with Gasteiger partial charge in [-0.15, -0.1) is 0 Å². The molecule has 2 aromatic carbocycles. The van der Waals surface area contributed by atoms with Gasteiger partial charge in [0.2, 0.25) is 0 Å². The highest BCUT2D eigenvalue weighted by Gasteiger charge is 2.38. The Morgan fingerprint density at radius 2 is 1.58 bits per heavy atom. The van der Waals surface area contributed by atoms with E-state index in [1.54, 1.807) is 0 Å². The molecular weight excluding hydrogens is 402 g/mol. The lowest BCUT2D eigenvalue weighted by molar-refractivity contribution is -0.139. The van der Waals surface area contributed by atoms with Gasteiger partial charge in [-0.25, -0.2) is 19.8 Å². The molecule has 0 aliphatic carbocycles. The molecule has 9 heteroatoms. The van der Waals surface area contributed by atoms with E-state index in [1.807, 2.05) is 60.7 Å². The number of carbonyl (C=O) groups is 3. The van der Waals surface area contributed by atoms with E-state index in [1.165, 1.54) is 4.90 Å². The molecule has 1 heterocycles. The molecule has 1 atom stereocenters. The van der Waals surface area contributed by atoms with Crippen molar-refractivity contribution < 1.29 is 28.6 Å². The number of hydrogen-bond acceptors (Lipinski definition) is 7. The van der Waals surface area contributed by atoms with Gasteiger partial charge in [-0.2, -0.15) is 0 Å². The molecule has 3 rings (SSSR count). The average Bonchev–Trinajstić information content (AvgIpc) is 3.17. The van der Waals surface area contributed by atoms with E-state index in [9.17, 15) is 14.4 Å². The molecule has 0 unspecified atom stereocenters. The fourth-order valence-electron chi connectivity index (χ4n) is 2.98. The SMILES string of the molecule is O=C(NNCCC[C@H]1C(=O)OCN1C(=O)OCc1ccccc1)OCc1ccccc1. The van der Waals surface area contributed by atoms with Gasteiger partial charge in [-0.3, -0.25) is 10.3 Å². The van der Waals surface area contributed by atoms with Crippen LogP contribution in [0.5, 0.6) is 0 Å². The van der Waals surface area contributed by atoms with E-state index in [0.29, 0.717) is 19.4 Å². The number of nitrogens with zero attached hydrogens (tertiary/aromatic N) is 1. The predicted molar refractivity (Wildman–Crippen MR) is 110 cm³/mol. The van der Waals surface area contributed by atoms with Crippen LogP contribution in [0.25, 0.3) is 0 Å². The minimum atomic E-state index is -0.713. The molecule has 2 amide bonds. The quantitative estimate of drug-likeness (QED) is 0.274. The van der Waals surface area contributed by atoms with Crippen LogP contribution in [-0.2, 0) is 32.2 Å². The smallest absolute Gasteiger partial charge is 0.421 e. The summed E-state index contributed by atoms with van der Waals surface area (Å²) in [5, 5.41) is 0. The van der Waals surface area contributed by atoms with Gasteiger partial charge in [-0.05, 0) is 24.0 Å². The van der Waals surface area contributed by atoms with Crippen molar-refractivity contribution in [2.24, 2.45) is 0 Å². The van der Waals surface area contributed by atoms with E-state index < -0.39 is 24.2 Å². The summed E-state index contributed by atoms with van der Waals surface area (Å²) in [6.07, 6.45) is -0.320. The van der Waals surface area contributed by atoms with Crippen molar-refractivity contribution in [2.45, 2.75) is 32.1 Å². The Morgan fingerprint density at radius 1 is 0.968 bits per heavy atom. The average molecular weight is 427 g/mol. The summed E-state index contributed by atoms with van der Waals surface area (Å²) >= 11 is 0. The minimum absolute atomic E-state index is 0.119. The zero-order valence-corrected chi connectivity index (χ0v) is 17.0. The number of hydrazine groups is 1. The van der Waals surface area contributed by atoms with Crippen LogP contribution in [0, 0.1) is 0 Å². The number of hydrogen-bond donors (Lipinski definition) is 2. The molecule has 31 heavy (non-hydrogen) atoms. The maximum atomic E-state index is 12.3. The van der Waals surface area contributed by atoms with Crippen molar-refractivity contribution in [3.05, 3.63) is 71.8 Å². The Bertz CT molecular complexity index is 862. The van der Waals surface area contributed by atoms with Gasteiger partial charge >= 0.3 is 18.2 Å². The third-order valence-electron chi connectivity index (χ3n) is 4.62. The third kappa shape index (κ3) is 7.00. The molecular formula is C22H25N3O6. The van der Waals surface area contributed by atoms with Crippen LogP contribution < -0.4 is 10.9 Å². The molecule has 0 bridgehead atoms. The van der Waals surface area contributed by atoms with Gasteiger partial charge in [0.05, 0.1) is 0 Å². The summed E-state index contributed by atoms with van der Waals surface area (Å²) in [4.78, 5) is 37.2. The van der Waals surface area contributed by atoms with Gasteiger partial charge in [-0.1, -0.05) is 60.7 Å². The number of cyclic esters (lactones) is 1.